The molecule has 8 heteroatoms. The van der Waals surface area contributed by atoms with Gasteiger partial charge in [-0.2, -0.15) is 0 Å². The summed E-state index contributed by atoms with van der Waals surface area (Å²) >= 11 is 0. The van der Waals surface area contributed by atoms with Gasteiger partial charge in [0.25, 0.3) is 6.47 Å². The lowest BCUT2D eigenvalue weighted by Crippen LogP contribution is -2.31. The Hall–Kier alpha value is -5.24. The molecular formula is C29H20O8. The van der Waals surface area contributed by atoms with Crippen molar-refractivity contribution in [2.45, 2.75) is 5.41 Å². The first-order chi connectivity index (χ1) is 17.8. The first-order valence-electron chi connectivity index (χ1n) is 11.0. The van der Waals surface area contributed by atoms with E-state index in [1.54, 1.807) is 60.7 Å². The number of carbonyl (C=O) groups excluding carboxylic acids is 1. The molecule has 37 heavy (non-hydrogen) atoms. The molecule has 3 N–H and O–H groups in total. The summed E-state index contributed by atoms with van der Waals surface area (Å²) in [6, 6.07) is 25.4. The fraction of sp³-hybridized carbons (Fsp3) is 0.0345. The average Bonchev–Trinajstić information content (AvgIpc) is 2.91. The smallest absolute Gasteiger partial charge is 0.335 e. The van der Waals surface area contributed by atoms with Gasteiger partial charge in [0.05, 0.1) is 22.1 Å². The molecule has 0 atom stereocenters. The monoisotopic (exact) mass is 496 g/mol. The molecular weight excluding hydrogens is 476 g/mol. The Balaban J connectivity index is 2.07. The van der Waals surface area contributed by atoms with Crippen LogP contribution >= 0.6 is 0 Å². The number of hydrogen-bond donors (Lipinski definition) is 3. The second-order valence-corrected chi connectivity index (χ2v) is 8.14. The predicted octanol–water partition coefficient (Wildman–Crippen LogP) is 4.70. The van der Waals surface area contributed by atoms with Crippen molar-refractivity contribution >= 4 is 24.4 Å². The number of hydrogen-bond acceptors (Lipinski definition) is 5. The maximum absolute atomic E-state index is 11.5. The molecule has 0 amide bonds. The molecule has 0 saturated heterocycles. The molecule has 0 spiro atoms. The van der Waals surface area contributed by atoms with Gasteiger partial charge < -0.3 is 20.1 Å². The molecule has 0 saturated carbocycles. The van der Waals surface area contributed by atoms with Gasteiger partial charge in [-0.1, -0.05) is 48.5 Å². The number of ether oxygens (including phenoxy) is 1. The van der Waals surface area contributed by atoms with Crippen molar-refractivity contribution in [2.75, 3.05) is 0 Å². The van der Waals surface area contributed by atoms with E-state index < -0.39 is 23.3 Å². The van der Waals surface area contributed by atoms with Gasteiger partial charge in [0, 0.05) is 0 Å². The Morgan fingerprint density at radius 3 is 1.03 bits per heavy atom. The molecule has 4 aromatic rings. The minimum Gasteiger partial charge on any atom is -0.478 e. The van der Waals surface area contributed by atoms with Gasteiger partial charge in [-0.25, -0.2) is 14.4 Å². The van der Waals surface area contributed by atoms with E-state index >= 15 is 0 Å². The van der Waals surface area contributed by atoms with E-state index in [0.29, 0.717) is 34.5 Å². The minimum atomic E-state index is -1.12. The molecule has 8 nitrogen and oxygen atoms in total. The van der Waals surface area contributed by atoms with Gasteiger partial charge in [-0.05, 0) is 70.8 Å². The molecule has 0 aromatic heterocycles. The van der Waals surface area contributed by atoms with Crippen molar-refractivity contribution in [3.63, 3.8) is 0 Å². The molecule has 0 bridgehead atoms. The first kappa shape index (κ1) is 24.9. The number of benzene rings is 4. The van der Waals surface area contributed by atoms with Gasteiger partial charge in [-0.15, -0.1) is 0 Å². The van der Waals surface area contributed by atoms with Crippen LogP contribution in [-0.4, -0.2) is 39.7 Å². The summed E-state index contributed by atoms with van der Waals surface area (Å²) in [5.41, 5.74) is 1.73. The van der Waals surface area contributed by atoms with E-state index in [1.807, 2.05) is 0 Å². The topological polar surface area (TPSA) is 138 Å². The largest absolute Gasteiger partial charge is 0.478 e. The van der Waals surface area contributed by atoms with E-state index in [1.165, 1.54) is 36.4 Å². The van der Waals surface area contributed by atoms with E-state index in [9.17, 15) is 34.5 Å². The zero-order chi connectivity index (χ0) is 26.6. The third kappa shape index (κ3) is 4.68. The molecule has 0 aliphatic heterocycles. The fourth-order valence-corrected chi connectivity index (χ4v) is 4.43. The highest BCUT2D eigenvalue weighted by Gasteiger charge is 2.39. The van der Waals surface area contributed by atoms with E-state index in [0.717, 1.165) is 0 Å². The van der Waals surface area contributed by atoms with Crippen LogP contribution in [0.3, 0.4) is 0 Å². The van der Waals surface area contributed by atoms with Crippen LogP contribution in [0, 0.1) is 0 Å². The molecule has 4 aromatic carbocycles. The minimum absolute atomic E-state index is 0.0785. The Labute approximate surface area is 211 Å². The van der Waals surface area contributed by atoms with Gasteiger partial charge in [0.1, 0.15) is 5.75 Å². The van der Waals surface area contributed by atoms with Crippen molar-refractivity contribution in [2.24, 2.45) is 0 Å². The summed E-state index contributed by atoms with van der Waals surface area (Å²) in [6.45, 7) is 0.308. The molecule has 0 unspecified atom stereocenters. The Kier molecular flexibility index (Phi) is 6.84. The highest BCUT2D eigenvalue weighted by molar-refractivity contribution is 5.89. The second-order valence-electron chi connectivity index (χ2n) is 8.14. The van der Waals surface area contributed by atoms with Crippen LogP contribution in [-0.2, 0) is 10.2 Å². The van der Waals surface area contributed by atoms with Crippen LogP contribution in [0.5, 0.6) is 5.75 Å². The normalized spacial score (nSPS) is 10.9. The summed E-state index contributed by atoms with van der Waals surface area (Å²) in [5, 5.41) is 28.3. The van der Waals surface area contributed by atoms with Crippen molar-refractivity contribution in [3.05, 3.63) is 136 Å². The van der Waals surface area contributed by atoms with Gasteiger partial charge in [-0.3, -0.25) is 4.79 Å². The molecule has 4 rings (SSSR count). The SMILES string of the molecule is O=COc1ccc(C(c2ccc(C(=O)O)cc2)(c2ccc(C(=O)O)cc2)c2ccc(C(=O)O)cc2)cc1. The summed E-state index contributed by atoms with van der Waals surface area (Å²) in [7, 11) is 0. The maximum Gasteiger partial charge on any atom is 0.335 e. The molecule has 184 valence electrons. The van der Waals surface area contributed by atoms with Crippen LogP contribution in [0.4, 0.5) is 0 Å². The van der Waals surface area contributed by atoms with Crippen LogP contribution < -0.4 is 4.74 Å². The van der Waals surface area contributed by atoms with Crippen LogP contribution in [0.1, 0.15) is 53.3 Å². The van der Waals surface area contributed by atoms with E-state index in [4.69, 9.17) is 4.74 Å². The highest BCUT2D eigenvalue weighted by atomic mass is 16.5. The zero-order valence-corrected chi connectivity index (χ0v) is 19.2. The Morgan fingerprint density at radius 2 is 0.784 bits per heavy atom. The molecule has 0 heterocycles. The molecule has 0 aliphatic carbocycles. The van der Waals surface area contributed by atoms with Gasteiger partial charge in [0.2, 0.25) is 0 Å². The first-order valence-corrected chi connectivity index (χ1v) is 11.0. The Bertz CT molecular complexity index is 1310. The second kappa shape index (κ2) is 10.2. The summed E-state index contributed by atoms with van der Waals surface area (Å²) in [6.07, 6.45) is 0. The third-order valence-corrected chi connectivity index (χ3v) is 6.17. The lowest BCUT2D eigenvalue weighted by molar-refractivity contribution is -0.120. The summed E-state index contributed by atoms with van der Waals surface area (Å²) < 4.78 is 4.94. The van der Waals surface area contributed by atoms with Crippen LogP contribution in [0.25, 0.3) is 0 Å². The number of carboxylic acid groups (broad SMARTS) is 3. The fourth-order valence-electron chi connectivity index (χ4n) is 4.43. The summed E-state index contributed by atoms with van der Waals surface area (Å²) in [4.78, 5) is 45.4. The predicted molar refractivity (Wildman–Crippen MR) is 132 cm³/mol. The van der Waals surface area contributed by atoms with E-state index in [-0.39, 0.29) is 16.7 Å². The lowest BCUT2D eigenvalue weighted by Gasteiger charge is -2.37. The number of rotatable bonds is 9. The molecule has 0 fully saturated rings. The third-order valence-electron chi connectivity index (χ3n) is 6.17. The van der Waals surface area contributed by atoms with Gasteiger partial charge >= 0.3 is 17.9 Å². The van der Waals surface area contributed by atoms with E-state index in [2.05, 4.69) is 0 Å². The lowest BCUT2D eigenvalue weighted by atomic mass is 9.65. The van der Waals surface area contributed by atoms with Crippen LogP contribution in [0.15, 0.2) is 97.1 Å². The van der Waals surface area contributed by atoms with Crippen molar-refractivity contribution in [1.82, 2.24) is 0 Å². The van der Waals surface area contributed by atoms with Crippen LogP contribution in [0.2, 0.25) is 0 Å². The standard InChI is InChI=1S/C29H20O8/c30-17-37-25-15-13-24(14-16-25)29(21-7-1-18(2-8-21)26(31)32,22-9-3-19(4-10-22)27(33)34)23-11-5-20(6-12-23)28(35)36/h1-17H,(H,31,32)(H,33,34)(H,35,36). The van der Waals surface area contributed by atoms with Crippen molar-refractivity contribution in [3.8, 4) is 5.75 Å². The number of carboxylic acids is 3. The molecule has 0 radical (unpaired) electrons. The summed E-state index contributed by atoms with van der Waals surface area (Å²) in [5.74, 6) is -2.98. The molecule has 0 aliphatic rings. The number of aromatic carboxylic acids is 3. The van der Waals surface area contributed by atoms with Gasteiger partial charge in [0.15, 0.2) is 0 Å². The average molecular weight is 496 g/mol. The van der Waals surface area contributed by atoms with Crippen molar-refractivity contribution < 1.29 is 39.2 Å². The Morgan fingerprint density at radius 1 is 0.514 bits per heavy atom. The maximum atomic E-state index is 11.5. The highest BCUT2D eigenvalue weighted by Crippen LogP contribution is 2.45. The van der Waals surface area contributed by atoms with Crippen molar-refractivity contribution in [1.29, 1.82) is 0 Å². The quantitative estimate of drug-likeness (QED) is 0.224. The number of carbonyl (C=O) groups is 4. The zero-order valence-electron chi connectivity index (χ0n) is 19.2.